The minimum absolute atomic E-state index is 0.0312. The molecule has 0 bridgehead atoms. The van der Waals surface area contributed by atoms with Crippen molar-refractivity contribution < 1.29 is 9.59 Å². The lowest BCUT2D eigenvalue weighted by Crippen LogP contribution is -2.39. The van der Waals surface area contributed by atoms with Crippen molar-refractivity contribution in [3.05, 3.63) is 36.5 Å². The molecule has 0 unspecified atom stereocenters. The van der Waals surface area contributed by atoms with Gasteiger partial charge in [0, 0.05) is 30.7 Å². The monoisotopic (exact) mass is 287 g/mol. The van der Waals surface area contributed by atoms with Gasteiger partial charge in [-0.3, -0.25) is 9.59 Å². The maximum atomic E-state index is 11.8. The quantitative estimate of drug-likeness (QED) is 0.849. The highest BCUT2D eigenvalue weighted by atomic mass is 16.2. The molecule has 5 heteroatoms. The summed E-state index contributed by atoms with van der Waals surface area (Å²) in [5.74, 6) is -0.281. The number of benzene rings is 1. The number of hydrogen-bond acceptors (Lipinski definition) is 2. The highest BCUT2D eigenvalue weighted by Gasteiger charge is 2.07. The predicted molar refractivity (Wildman–Crippen MR) is 82.8 cm³/mol. The van der Waals surface area contributed by atoms with Crippen LogP contribution in [0.3, 0.4) is 0 Å². The van der Waals surface area contributed by atoms with Gasteiger partial charge in [0.1, 0.15) is 0 Å². The lowest BCUT2D eigenvalue weighted by molar-refractivity contribution is -0.126. The topological polar surface area (TPSA) is 63.1 Å². The van der Waals surface area contributed by atoms with Crippen LogP contribution in [0.25, 0.3) is 10.9 Å². The molecule has 1 aromatic carbocycles. The maximum Gasteiger partial charge on any atom is 0.239 e. The van der Waals surface area contributed by atoms with Crippen LogP contribution in [0.5, 0.6) is 0 Å². The number of para-hydroxylation sites is 1. The normalized spacial score (nSPS) is 10.8. The van der Waals surface area contributed by atoms with Gasteiger partial charge in [-0.1, -0.05) is 18.2 Å². The average Bonchev–Trinajstić information content (AvgIpc) is 2.85. The van der Waals surface area contributed by atoms with Gasteiger partial charge < -0.3 is 15.2 Å². The maximum absolute atomic E-state index is 11.8. The van der Waals surface area contributed by atoms with E-state index in [2.05, 4.69) is 10.6 Å². The molecule has 0 aliphatic rings. The Hall–Kier alpha value is -2.30. The lowest BCUT2D eigenvalue weighted by Gasteiger charge is -2.10. The Morgan fingerprint density at radius 1 is 1.14 bits per heavy atom. The van der Waals surface area contributed by atoms with Crippen LogP contribution in [0.2, 0.25) is 0 Å². The van der Waals surface area contributed by atoms with E-state index in [0.29, 0.717) is 13.0 Å². The molecule has 21 heavy (non-hydrogen) atoms. The van der Waals surface area contributed by atoms with Crippen LogP contribution in [0.1, 0.15) is 20.3 Å². The fourth-order valence-electron chi connectivity index (χ4n) is 2.20. The number of nitrogens with one attached hydrogen (secondary N) is 2. The Morgan fingerprint density at radius 2 is 1.90 bits per heavy atom. The van der Waals surface area contributed by atoms with Crippen molar-refractivity contribution in [1.82, 2.24) is 15.2 Å². The summed E-state index contributed by atoms with van der Waals surface area (Å²) in [5.41, 5.74) is 1.11. The molecule has 1 aromatic heterocycles. The number of carbonyl (C=O) groups is 2. The van der Waals surface area contributed by atoms with E-state index in [-0.39, 0.29) is 24.4 Å². The number of carbonyl (C=O) groups excluding carboxylic acids is 2. The van der Waals surface area contributed by atoms with Crippen LogP contribution >= 0.6 is 0 Å². The van der Waals surface area contributed by atoms with Crippen molar-refractivity contribution in [2.75, 3.05) is 6.54 Å². The van der Waals surface area contributed by atoms with E-state index in [4.69, 9.17) is 0 Å². The summed E-state index contributed by atoms with van der Waals surface area (Å²) in [5, 5.41) is 6.53. The number of rotatable bonds is 6. The van der Waals surface area contributed by atoms with Crippen molar-refractivity contribution in [2.45, 2.75) is 32.9 Å². The molecule has 0 atom stereocenters. The van der Waals surface area contributed by atoms with E-state index in [1.807, 2.05) is 54.9 Å². The van der Waals surface area contributed by atoms with E-state index in [1.54, 1.807) is 0 Å². The molecule has 0 aliphatic heterocycles. The molecule has 0 saturated heterocycles. The Bertz CT molecular complexity index is 631. The summed E-state index contributed by atoms with van der Waals surface area (Å²) in [6.45, 7) is 4.41. The molecule has 112 valence electrons. The van der Waals surface area contributed by atoms with Gasteiger partial charge in [-0.25, -0.2) is 0 Å². The molecule has 2 N–H and O–H groups in total. The highest BCUT2D eigenvalue weighted by molar-refractivity contribution is 5.85. The average molecular weight is 287 g/mol. The Labute approximate surface area is 124 Å². The molecule has 0 aliphatic carbocycles. The van der Waals surface area contributed by atoms with Crippen LogP contribution < -0.4 is 10.6 Å². The molecule has 0 saturated carbocycles. The first-order valence-corrected chi connectivity index (χ1v) is 7.16. The molecule has 0 fully saturated rings. The van der Waals surface area contributed by atoms with Crippen molar-refractivity contribution in [1.29, 1.82) is 0 Å². The van der Waals surface area contributed by atoms with Crippen molar-refractivity contribution >= 4 is 22.7 Å². The summed E-state index contributed by atoms with van der Waals surface area (Å²) in [4.78, 5) is 23.2. The van der Waals surface area contributed by atoms with Crippen molar-refractivity contribution in [2.24, 2.45) is 0 Å². The summed E-state index contributed by atoms with van der Waals surface area (Å²) in [7, 11) is 0. The van der Waals surface area contributed by atoms with Gasteiger partial charge in [-0.15, -0.1) is 0 Å². The molecule has 0 spiro atoms. The van der Waals surface area contributed by atoms with Gasteiger partial charge in [0.25, 0.3) is 0 Å². The van der Waals surface area contributed by atoms with Crippen molar-refractivity contribution in [3.8, 4) is 0 Å². The van der Waals surface area contributed by atoms with E-state index in [1.165, 1.54) is 0 Å². The van der Waals surface area contributed by atoms with E-state index in [9.17, 15) is 9.59 Å². The van der Waals surface area contributed by atoms with Crippen LogP contribution in [-0.4, -0.2) is 29.0 Å². The Balaban J connectivity index is 1.80. The second kappa shape index (κ2) is 6.92. The number of fused-ring (bicyclic) bond motifs is 1. The van der Waals surface area contributed by atoms with E-state index < -0.39 is 0 Å². The number of hydrogen-bond donors (Lipinski definition) is 2. The predicted octanol–water partition coefficient (Wildman–Crippen LogP) is 1.67. The number of aromatic nitrogens is 1. The van der Waals surface area contributed by atoms with Crippen LogP contribution in [0.15, 0.2) is 36.5 Å². The molecular formula is C16H21N3O2. The third-order valence-electron chi connectivity index (χ3n) is 3.16. The molecule has 2 amide bonds. The molecular weight excluding hydrogens is 266 g/mol. The summed E-state index contributed by atoms with van der Waals surface area (Å²) >= 11 is 0. The van der Waals surface area contributed by atoms with E-state index >= 15 is 0 Å². The smallest absolute Gasteiger partial charge is 0.239 e. The zero-order valence-corrected chi connectivity index (χ0v) is 12.4. The lowest BCUT2D eigenvalue weighted by atomic mass is 10.2. The molecule has 2 rings (SSSR count). The Kier molecular flexibility index (Phi) is 4.98. The van der Waals surface area contributed by atoms with Crippen LogP contribution in [-0.2, 0) is 16.1 Å². The molecule has 5 nitrogen and oxygen atoms in total. The van der Waals surface area contributed by atoms with Crippen LogP contribution in [0.4, 0.5) is 0 Å². The van der Waals surface area contributed by atoms with Gasteiger partial charge in [-0.05, 0) is 31.4 Å². The summed E-state index contributed by atoms with van der Waals surface area (Å²) < 4.78 is 2.04. The van der Waals surface area contributed by atoms with Crippen molar-refractivity contribution in [3.63, 3.8) is 0 Å². The fraction of sp³-hybridized carbons (Fsp3) is 0.375. The SMILES string of the molecule is CC(C)NC(=O)CNC(=O)CCn1ccc2ccccc21. The van der Waals surface area contributed by atoms with Crippen LogP contribution in [0, 0.1) is 0 Å². The number of amides is 2. The third kappa shape index (κ3) is 4.34. The number of aryl methyl sites for hydroxylation is 1. The minimum Gasteiger partial charge on any atom is -0.352 e. The van der Waals surface area contributed by atoms with E-state index in [0.717, 1.165) is 10.9 Å². The highest BCUT2D eigenvalue weighted by Crippen LogP contribution is 2.15. The zero-order valence-electron chi connectivity index (χ0n) is 12.4. The molecule has 2 aromatic rings. The molecule has 1 heterocycles. The van der Waals surface area contributed by atoms with Gasteiger partial charge in [0.15, 0.2) is 0 Å². The molecule has 0 radical (unpaired) electrons. The van der Waals surface area contributed by atoms with Gasteiger partial charge >= 0.3 is 0 Å². The van der Waals surface area contributed by atoms with Gasteiger partial charge in [0.05, 0.1) is 6.54 Å². The first kappa shape index (κ1) is 15.1. The number of nitrogens with zero attached hydrogens (tertiary/aromatic N) is 1. The largest absolute Gasteiger partial charge is 0.352 e. The fourth-order valence-corrected chi connectivity index (χ4v) is 2.20. The van der Waals surface area contributed by atoms with Gasteiger partial charge in [-0.2, -0.15) is 0 Å². The first-order valence-electron chi connectivity index (χ1n) is 7.16. The zero-order chi connectivity index (χ0) is 15.2. The third-order valence-corrected chi connectivity index (χ3v) is 3.16. The van der Waals surface area contributed by atoms with Gasteiger partial charge in [0.2, 0.25) is 11.8 Å². The minimum atomic E-state index is -0.162. The standard InChI is InChI=1S/C16H21N3O2/c1-12(2)18-16(21)11-17-15(20)8-10-19-9-7-13-5-3-4-6-14(13)19/h3-7,9,12H,8,10-11H2,1-2H3,(H,17,20)(H,18,21). The second-order valence-corrected chi connectivity index (χ2v) is 5.32. The summed E-state index contributed by atoms with van der Waals surface area (Å²) in [6.07, 6.45) is 2.33. The second-order valence-electron chi connectivity index (χ2n) is 5.32. The Morgan fingerprint density at radius 3 is 2.67 bits per heavy atom. The summed E-state index contributed by atoms with van der Waals surface area (Å²) in [6, 6.07) is 10.2. The first-order chi connectivity index (χ1) is 10.1.